The molecule has 8 heteroatoms. The van der Waals surface area contributed by atoms with Crippen LogP contribution in [0.2, 0.25) is 0 Å². The fraction of sp³-hybridized carbons (Fsp3) is 0.440. The molecule has 1 aliphatic rings. The lowest BCUT2D eigenvalue weighted by molar-refractivity contribution is 0.0503. The number of hydrogen-bond donors (Lipinski definition) is 2. The van der Waals surface area contributed by atoms with Crippen molar-refractivity contribution in [2.45, 2.75) is 25.9 Å². The first-order chi connectivity index (χ1) is 16.1. The number of likely N-dealkylation sites (tertiary alicyclic amines) is 1. The SMILES string of the molecule is CCOC(=O)c1cc2c(OCC(O)CN3CCC(COc4ccccn4)CC3)cccc2[nH]1. The Bertz CT molecular complexity index is 1030. The Morgan fingerprint density at radius 3 is 2.82 bits per heavy atom. The van der Waals surface area contributed by atoms with Crippen LogP contribution in [0.1, 0.15) is 30.3 Å². The minimum absolute atomic E-state index is 0.182. The summed E-state index contributed by atoms with van der Waals surface area (Å²) in [6, 6.07) is 13.0. The lowest BCUT2D eigenvalue weighted by Crippen LogP contribution is -2.41. The Hall–Kier alpha value is -3.10. The van der Waals surface area contributed by atoms with E-state index in [1.54, 1.807) is 19.2 Å². The molecule has 33 heavy (non-hydrogen) atoms. The molecular weight excluding hydrogens is 422 g/mol. The molecule has 1 fully saturated rings. The zero-order valence-corrected chi connectivity index (χ0v) is 18.9. The van der Waals surface area contributed by atoms with E-state index in [4.69, 9.17) is 14.2 Å². The van der Waals surface area contributed by atoms with Gasteiger partial charge >= 0.3 is 5.97 Å². The van der Waals surface area contributed by atoms with E-state index in [1.807, 2.05) is 36.4 Å². The average molecular weight is 454 g/mol. The summed E-state index contributed by atoms with van der Waals surface area (Å²) in [4.78, 5) is 21.5. The lowest BCUT2D eigenvalue weighted by Gasteiger charge is -2.32. The van der Waals surface area contributed by atoms with Gasteiger partial charge in [0.1, 0.15) is 24.2 Å². The summed E-state index contributed by atoms with van der Waals surface area (Å²) in [6.07, 6.45) is 3.18. The number of fused-ring (bicyclic) bond motifs is 1. The van der Waals surface area contributed by atoms with Gasteiger partial charge in [0.05, 0.1) is 13.2 Å². The highest BCUT2D eigenvalue weighted by Crippen LogP contribution is 2.27. The third-order valence-corrected chi connectivity index (χ3v) is 5.83. The van der Waals surface area contributed by atoms with Gasteiger partial charge in [0, 0.05) is 29.7 Å². The van der Waals surface area contributed by atoms with Gasteiger partial charge in [-0.2, -0.15) is 0 Å². The number of nitrogens with one attached hydrogen (secondary N) is 1. The third-order valence-electron chi connectivity index (χ3n) is 5.83. The van der Waals surface area contributed by atoms with Crippen molar-refractivity contribution < 1.29 is 24.1 Å². The maximum atomic E-state index is 12.0. The van der Waals surface area contributed by atoms with Gasteiger partial charge in [-0.1, -0.05) is 12.1 Å². The lowest BCUT2D eigenvalue weighted by atomic mass is 9.97. The van der Waals surface area contributed by atoms with Crippen LogP contribution in [0.25, 0.3) is 10.9 Å². The number of ether oxygens (including phenoxy) is 3. The van der Waals surface area contributed by atoms with Gasteiger partial charge in [-0.25, -0.2) is 9.78 Å². The van der Waals surface area contributed by atoms with E-state index < -0.39 is 12.1 Å². The molecule has 0 amide bonds. The van der Waals surface area contributed by atoms with Crippen molar-refractivity contribution in [1.82, 2.24) is 14.9 Å². The Kier molecular flexibility index (Phi) is 7.80. The maximum absolute atomic E-state index is 12.0. The van der Waals surface area contributed by atoms with E-state index in [0.29, 0.717) is 43.0 Å². The number of aromatic amines is 1. The fourth-order valence-corrected chi connectivity index (χ4v) is 4.08. The summed E-state index contributed by atoms with van der Waals surface area (Å²) in [5, 5.41) is 11.3. The van der Waals surface area contributed by atoms with Gasteiger partial charge in [-0.3, -0.25) is 0 Å². The number of aliphatic hydroxyl groups excluding tert-OH is 1. The molecule has 3 aromatic rings. The normalized spacial score (nSPS) is 15.9. The molecule has 1 aromatic carbocycles. The quantitative estimate of drug-likeness (QED) is 0.455. The largest absolute Gasteiger partial charge is 0.490 e. The topological polar surface area (TPSA) is 96.9 Å². The number of hydrogen-bond acceptors (Lipinski definition) is 7. The van der Waals surface area contributed by atoms with Crippen LogP contribution >= 0.6 is 0 Å². The zero-order chi connectivity index (χ0) is 23.0. The molecule has 0 radical (unpaired) electrons. The molecular formula is C25H31N3O5. The van der Waals surface area contributed by atoms with Crippen molar-refractivity contribution in [3.05, 3.63) is 54.4 Å². The minimum Gasteiger partial charge on any atom is -0.490 e. The number of aromatic nitrogens is 2. The summed E-state index contributed by atoms with van der Waals surface area (Å²) in [7, 11) is 0. The number of piperidine rings is 1. The zero-order valence-electron chi connectivity index (χ0n) is 18.9. The molecule has 1 atom stereocenters. The number of β-amino-alcohol motifs (C(OH)–C–C–N with tert-alkyl or cyclic N) is 1. The van der Waals surface area contributed by atoms with Crippen molar-refractivity contribution in [2.75, 3.05) is 39.5 Å². The van der Waals surface area contributed by atoms with Gasteiger partial charge in [0.2, 0.25) is 5.88 Å². The summed E-state index contributed by atoms with van der Waals surface area (Å²) >= 11 is 0. The van der Waals surface area contributed by atoms with Crippen LogP contribution in [-0.2, 0) is 4.74 Å². The molecule has 0 aliphatic carbocycles. The van der Waals surface area contributed by atoms with Crippen LogP contribution in [0.5, 0.6) is 11.6 Å². The maximum Gasteiger partial charge on any atom is 0.354 e. The number of nitrogens with zero attached hydrogens (tertiary/aromatic N) is 2. The van der Waals surface area contributed by atoms with Gasteiger partial charge < -0.3 is 29.2 Å². The molecule has 176 valence electrons. The number of aliphatic hydroxyl groups is 1. The van der Waals surface area contributed by atoms with Crippen molar-refractivity contribution >= 4 is 16.9 Å². The van der Waals surface area contributed by atoms with Crippen molar-refractivity contribution in [2.24, 2.45) is 5.92 Å². The van der Waals surface area contributed by atoms with Crippen molar-refractivity contribution in [1.29, 1.82) is 0 Å². The van der Waals surface area contributed by atoms with E-state index in [2.05, 4.69) is 14.9 Å². The van der Waals surface area contributed by atoms with Gasteiger partial charge in [-0.15, -0.1) is 0 Å². The van der Waals surface area contributed by atoms with Crippen LogP contribution < -0.4 is 9.47 Å². The number of H-pyrrole nitrogens is 1. The number of carbonyl (C=O) groups excluding carboxylic acids is 1. The van der Waals surface area contributed by atoms with Crippen LogP contribution in [0.4, 0.5) is 0 Å². The standard InChI is InChI=1S/C25H31N3O5/c1-2-31-25(30)22-14-20-21(27-22)6-5-7-23(20)32-17-19(29)15-28-12-9-18(10-13-28)16-33-24-8-3-4-11-26-24/h3-8,11,14,18-19,27,29H,2,9-10,12-13,15-17H2,1H3. The van der Waals surface area contributed by atoms with Gasteiger partial charge in [0.25, 0.3) is 0 Å². The average Bonchev–Trinajstić information content (AvgIpc) is 3.28. The fourth-order valence-electron chi connectivity index (χ4n) is 4.08. The Balaban J connectivity index is 1.22. The summed E-state index contributed by atoms with van der Waals surface area (Å²) < 4.78 is 16.8. The molecule has 1 aliphatic heterocycles. The van der Waals surface area contributed by atoms with E-state index in [0.717, 1.165) is 36.8 Å². The van der Waals surface area contributed by atoms with Crippen LogP contribution in [0.3, 0.4) is 0 Å². The molecule has 1 unspecified atom stereocenters. The minimum atomic E-state index is -0.606. The van der Waals surface area contributed by atoms with Crippen LogP contribution in [0, 0.1) is 5.92 Å². The van der Waals surface area contributed by atoms with Crippen molar-refractivity contribution in [3.8, 4) is 11.6 Å². The molecule has 0 bridgehead atoms. The molecule has 8 nitrogen and oxygen atoms in total. The van der Waals surface area contributed by atoms with Crippen molar-refractivity contribution in [3.63, 3.8) is 0 Å². The van der Waals surface area contributed by atoms with E-state index in [9.17, 15) is 9.90 Å². The van der Waals surface area contributed by atoms with Gasteiger partial charge in [-0.05, 0) is 63.0 Å². The second-order valence-electron chi connectivity index (χ2n) is 8.31. The first-order valence-corrected chi connectivity index (χ1v) is 11.5. The smallest absolute Gasteiger partial charge is 0.354 e. The Morgan fingerprint density at radius 2 is 2.06 bits per heavy atom. The monoisotopic (exact) mass is 453 g/mol. The van der Waals surface area contributed by atoms with Crippen LogP contribution in [0.15, 0.2) is 48.7 Å². The van der Waals surface area contributed by atoms with E-state index in [-0.39, 0.29) is 6.61 Å². The van der Waals surface area contributed by atoms with E-state index >= 15 is 0 Å². The number of rotatable bonds is 10. The highest BCUT2D eigenvalue weighted by atomic mass is 16.5. The summed E-state index contributed by atoms with van der Waals surface area (Å²) in [5.74, 6) is 1.40. The number of esters is 1. The number of carbonyl (C=O) groups is 1. The third kappa shape index (κ3) is 6.24. The molecule has 1 saturated heterocycles. The molecule has 2 N–H and O–H groups in total. The Morgan fingerprint density at radius 1 is 1.21 bits per heavy atom. The number of benzene rings is 1. The number of pyridine rings is 1. The summed E-state index contributed by atoms with van der Waals surface area (Å²) in [5.41, 5.74) is 1.18. The van der Waals surface area contributed by atoms with Crippen LogP contribution in [-0.4, -0.2) is 71.5 Å². The highest BCUT2D eigenvalue weighted by molar-refractivity contribution is 5.97. The molecule has 4 rings (SSSR count). The summed E-state index contributed by atoms with van der Waals surface area (Å²) in [6.45, 7) is 5.35. The van der Waals surface area contributed by atoms with Gasteiger partial charge in [0.15, 0.2) is 0 Å². The van der Waals surface area contributed by atoms with E-state index in [1.165, 1.54) is 0 Å². The molecule has 0 spiro atoms. The first kappa shape index (κ1) is 23.1. The second-order valence-corrected chi connectivity index (χ2v) is 8.31. The molecule has 3 heterocycles. The first-order valence-electron chi connectivity index (χ1n) is 11.5. The highest BCUT2D eigenvalue weighted by Gasteiger charge is 2.22. The molecule has 0 saturated carbocycles. The predicted molar refractivity (Wildman–Crippen MR) is 125 cm³/mol. The Labute approximate surface area is 193 Å². The second kappa shape index (κ2) is 11.2. The predicted octanol–water partition coefficient (Wildman–Crippen LogP) is 3.27. The molecule has 2 aromatic heterocycles.